The second kappa shape index (κ2) is 9.85. The maximum Gasteiger partial charge on any atom is 0.321 e. The minimum atomic E-state index is -0.343. The fourth-order valence-corrected chi connectivity index (χ4v) is 3.97. The van der Waals surface area contributed by atoms with Gasteiger partial charge in [-0.2, -0.15) is 0 Å². The van der Waals surface area contributed by atoms with E-state index in [-0.39, 0.29) is 24.5 Å². The van der Waals surface area contributed by atoms with Crippen molar-refractivity contribution in [2.24, 2.45) is 0 Å². The topological polar surface area (TPSA) is 64.7 Å². The third kappa shape index (κ3) is 6.33. The van der Waals surface area contributed by atoms with E-state index in [9.17, 15) is 9.59 Å². The highest BCUT2D eigenvalue weighted by Crippen LogP contribution is 2.17. The van der Waals surface area contributed by atoms with Gasteiger partial charge in [0.15, 0.2) is 0 Å². The van der Waals surface area contributed by atoms with Crippen LogP contribution in [0.3, 0.4) is 0 Å². The summed E-state index contributed by atoms with van der Waals surface area (Å²) in [4.78, 5) is 28.7. The van der Waals surface area contributed by atoms with Gasteiger partial charge in [0.25, 0.3) is 0 Å². The SMILES string of the molecule is Cc1ccccc1CN1CCN(CC(=O)NC(=O)NC2CCCCC2)CC1. The lowest BCUT2D eigenvalue weighted by atomic mass is 9.96. The third-order valence-corrected chi connectivity index (χ3v) is 5.68. The maximum atomic E-state index is 12.2. The zero-order chi connectivity index (χ0) is 19.1. The first-order valence-electron chi connectivity index (χ1n) is 10.2. The molecular weight excluding hydrogens is 340 g/mol. The fraction of sp³-hybridized carbons (Fsp3) is 0.619. The molecule has 148 valence electrons. The average molecular weight is 373 g/mol. The number of nitrogens with one attached hydrogen (secondary N) is 2. The zero-order valence-electron chi connectivity index (χ0n) is 16.4. The van der Waals surface area contributed by atoms with Crippen LogP contribution in [-0.2, 0) is 11.3 Å². The summed E-state index contributed by atoms with van der Waals surface area (Å²) in [6.07, 6.45) is 5.60. The number of rotatable bonds is 5. The van der Waals surface area contributed by atoms with Crippen LogP contribution in [0, 0.1) is 6.92 Å². The summed E-state index contributed by atoms with van der Waals surface area (Å²) in [5.74, 6) is -0.212. The second-order valence-corrected chi connectivity index (χ2v) is 7.84. The van der Waals surface area contributed by atoms with E-state index in [1.807, 2.05) is 0 Å². The minimum Gasteiger partial charge on any atom is -0.335 e. The summed E-state index contributed by atoms with van der Waals surface area (Å²) in [6.45, 7) is 6.97. The lowest BCUT2D eigenvalue weighted by Gasteiger charge is -2.34. The van der Waals surface area contributed by atoms with Gasteiger partial charge in [0, 0.05) is 38.8 Å². The molecule has 6 heteroatoms. The van der Waals surface area contributed by atoms with Crippen LogP contribution < -0.4 is 10.6 Å². The summed E-state index contributed by atoms with van der Waals surface area (Å²) < 4.78 is 0. The lowest BCUT2D eigenvalue weighted by molar-refractivity contribution is -0.121. The minimum absolute atomic E-state index is 0.212. The van der Waals surface area contributed by atoms with Crippen molar-refractivity contribution >= 4 is 11.9 Å². The summed E-state index contributed by atoms with van der Waals surface area (Å²) in [5, 5.41) is 5.42. The highest BCUT2D eigenvalue weighted by molar-refractivity contribution is 5.95. The van der Waals surface area contributed by atoms with Gasteiger partial charge in [-0.25, -0.2) is 4.79 Å². The largest absolute Gasteiger partial charge is 0.335 e. The number of hydrogen-bond donors (Lipinski definition) is 2. The number of imide groups is 1. The predicted octanol–water partition coefficient (Wildman–Crippen LogP) is 2.27. The molecule has 2 N–H and O–H groups in total. The highest BCUT2D eigenvalue weighted by atomic mass is 16.2. The Kier molecular flexibility index (Phi) is 7.24. The molecule has 3 rings (SSSR count). The molecule has 6 nitrogen and oxygen atoms in total. The van der Waals surface area contributed by atoms with Crippen molar-refractivity contribution in [3.63, 3.8) is 0 Å². The summed E-state index contributed by atoms with van der Waals surface area (Å²) in [7, 11) is 0. The van der Waals surface area contributed by atoms with Crippen molar-refractivity contribution in [2.45, 2.75) is 51.6 Å². The first-order chi connectivity index (χ1) is 13.1. The standard InChI is InChI=1S/C21H32N4O2/c1-17-7-5-6-8-18(17)15-24-11-13-25(14-12-24)16-20(26)23-21(27)22-19-9-3-2-4-10-19/h5-8,19H,2-4,9-16H2,1H3,(H2,22,23,26,27). The Labute approximate surface area is 162 Å². The van der Waals surface area contributed by atoms with Crippen LogP contribution in [0.5, 0.6) is 0 Å². The number of aryl methyl sites for hydroxylation is 1. The van der Waals surface area contributed by atoms with E-state index in [1.54, 1.807) is 0 Å². The second-order valence-electron chi connectivity index (χ2n) is 7.84. The molecule has 0 spiro atoms. The summed E-state index contributed by atoms with van der Waals surface area (Å²) >= 11 is 0. The molecule has 1 aromatic rings. The van der Waals surface area contributed by atoms with Crippen molar-refractivity contribution in [3.05, 3.63) is 35.4 Å². The smallest absolute Gasteiger partial charge is 0.321 e. The zero-order valence-corrected chi connectivity index (χ0v) is 16.4. The van der Waals surface area contributed by atoms with Crippen LogP contribution in [0.15, 0.2) is 24.3 Å². The molecule has 27 heavy (non-hydrogen) atoms. The van der Waals surface area contributed by atoms with Gasteiger partial charge in [0.1, 0.15) is 0 Å². The number of carbonyl (C=O) groups is 2. The van der Waals surface area contributed by atoms with Crippen LogP contribution in [0.4, 0.5) is 4.79 Å². The Morgan fingerprint density at radius 1 is 1.00 bits per heavy atom. The van der Waals surface area contributed by atoms with Gasteiger partial charge in [0.2, 0.25) is 5.91 Å². The molecule has 1 saturated carbocycles. The monoisotopic (exact) mass is 372 g/mol. The molecule has 0 unspecified atom stereocenters. The van der Waals surface area contributed by atoms with Gasteiger partial charge in [-0.3, -0.25) is 19.9 Å². The van der Waals surface area contributed by atoms with E-state index >= 15 is 0 Å². The van der Waals surface area contributed by atoms with Gasteiger partial charge >= 0.3 is 6.03 Å². The fourth-order valence-electron chi connectivity index (χ4n) is 3.97. The number of hydrogen-bond acceptors (Lipinski definition) is 4. The van der Waals surface area contributed by atoms with Crippen molar-refractivity contribution < 1.29 is 9.59 Å². The van der Waals surface area contributed by atoms with E-state index < -0.39 is 0 Å². The first kappa shape index (κ1) is 19.8. The van der Waals surface area contributed by atoms with Crippen molar-refractivity contribution in [1.29, 1.82) is 0 Å². The Hall–Kier alpha value is -1.92. The van der Waals surface area contributed by atoms with Crippen LogP contribution in [-0.4, -0.2) is 60.5 Å². The van der Waals surface area contributed by atoms with Crippen LogP contribution in [0.1, 0.15) is 43.2 Å². The number of amides is 3. The average Bonchev–Trinajstić information content (AvgIpc) is 2.66. The number of nitrogens with zero attached hydrogens (tertiary/aromatic N) is 2. The molecule has 2 fully saturated rings. The highest BCUT2D eigenvalue weighted by Gasteiger charge is 2.21. The molecule has 0 atom stereocenters. The van der Waals surface area contributed by atoms with Gasteiger partial charge in [-0.15, -0.1) is 0 Å². The normalized spacial score (nSPS) is 19.6. The van der Waals surface area contributed by atoms with E-state index in [0.29, 0.717) is 0 Å². The quantitative estimate of drug-likeness (QED) is 0.832. The summed E-state index contributed by atoms with van der Waals surface area (Å²) in [6, 6.07) is 8.36. The van der Waals surface area contributed by atoms with Crippen molar-refractivity contribution in [3.8, 4) is 0 Å². The lowest BCUT2D eigenvalue weighted by Crippen LogP contribution is -2.51. The van der Waals surface area contributed by atoms with Gasteiger partial charge in [-0.1, -0.05) is 43.5 Å². The molecule has 1 saturated heterocycles. The first-order valence-corrected chi connectivity index (χ1v) is 10.2. The molecule has 0 aromatic heterocycles. The van der Waals surface area contributed by atoms with E-state index in [1.165, 1.54) is 17.5 Å². The Morgan fingerprint density at radius 3 is 2.37 bits per heavy atom. The summed E-state index contributed by atoms with van der Waals surface area (Å²) in [5.41, 5.74) is 2.69. The Bertz CT molecular complexity index is 635. The van der Waals surface area contributed by atoms with Crippen LogP contribution in [0.25, 0.3) is 0 Å². The molecular formula is C21H32N4O2. The molecule has 1 aliphatic carbocycles. The van der Waals surface area contributed by atoms with Crippen molar-refractivity contribution in [1.82, 2.24) is 20.4 Å². The number of benzene rings is 1. The molecule has 1 aliphatic heterocycles. The van der Waals surface area contributed by atoms with E-state index in [0.717, 1.165) is 58.4 Å². The number of carbonyl (C=O) groups excluding carboxylic acids is 2. The van der Waals surface area contributed by atoms with Gasteiger partial charge in [0.05, 0.1) is 6.54 Å². The Balaban J connectivity index is 1.35. The van der Waals surface area contributed by atoms with Crippen molar-refractivity contribution in [2.75, 3.05) is 32.7 Å². The van der Waals surface area contributed by atoms with E-state index in [2.05, 4.69) is 51.6 Å². The Morgan fingerprint density at radius 2 is 1.67 bits per heavy atom. The molecule has 0 bridgehead atoms. The molecule has 2 aliphatic rings. The van der Waals surface area contributed by atoms with Crippen LogP contribution in [0.2, 0.25) is 0 Å². The molecule has 0 radical (unpaired) electrons. The van der Waals surface area contributed by atoms with Gasteiger partial charge in [-0.05, 0) is 30.9 Å². The third-order valence-electron chi connectivity index (χ3n) is 5.68. The molecule has 1 aromatic carbocycles. The van der Waals surface area contributed by atoms with Gasteiger partial charge < -0.3 is 5.32 Å². The molecule has 1 heterocycles. The van der Waals surface area contributed by atoms with E-state index in [4.69, 9.17) is 0 Å². The number of piperazine rings is 1. The van der Waals surface area contributed by atoms with Crippen LogP contribution >= 0.6 is 0 Å². The maximum absolute atomic E-state index is 12.2. The number of urea groups is 1. The molecule has 3 amide bonds. The predicted molar refractivity (Wildman–Crippen MR) is 106 cm³/mol.